The van der Waals surface area contributed by atoms with Gasteiger partial charge in [0.2, 0.25) is 0 Å². The molecule has 2 N–H and O–H groups in total. The van der Waals surface area contributed by atoms with E-state index in [1.54, 1.807) is 12.0 Å². The van der Waals surface area contributed by atoms with Crippen LogP contribution in [-0.2, 0) is 4.79 Å². The van der Waals surface area contributed by atoms with Crippen molar-refractivity contribution in [1.82, 2.24) is 9.88 Å². The SMILES string of the molecule is COc1ccc(-c2ocnc2C(=O)N2CC[C@]3(C=C(N)C(=O)C(C)(C)C3)C2)cc1. The molecule has 2 aromatic rings. The lowest BCUT2D eigenvalue weighted by Crippen LogP contribution is -2.42. The van der Waals surface area contributed by atoms with Gasteiger partial charge < -0.3 is 19.8 Å². The van der Waals surface area contributed by atoms with Crippen LogP contribution in [0.15, 0.2) is 46.8 Å². The van der Waals surface area contributed by atoms with E-state index in [1.165, 1.54) is 6.39 Å². The third kappa shape index (κ3) is 3.30. The molecule has 1 aliphatic heterocycles. The van der Waals surface area contributed by atoms with Gasteiger partial charge >= 0.3 is 0 Å². The van der Waals surface area contributed by atoms with Gasteiger partial charge in [0, 0.05) is 29.5 Å². The number of rotatable bonds is 3. The van der Waals surface area contributed by atoms with Crippen molar-refractivity contribution >= 4 is 11.7 Å². The Kier molecular flexibility index (Phi) is 4.48. The van der Waals surface area contributed by atoms with E-state index in [0.29, 0.717) is 31.0 Å². The fraction of sp³-hybridized carbons (Fsp3) is 0.409. The van der Waals surface area contributed by atoms with Crippen LogP contribution in [0.2, 0.25) is 0 Å². The van der Waals surface area contributed by atoms with Crippen molar-refractivity contribution in [3.05, 3.63) is 48.1 Å². The van der Waals surface area contributed by atoms with Crippen molar-refractivity contribution in [2.24, 2.45) is 16.6 Å². The Morgan fingerprint density at radius 3 is 2.66 bits per heavy atom. The van der Waals surface area contributed by atoms with Crippen LogP contribution in [0.25, 0.3) is 11.3 Å². The number of oxazole rings is 1. The van der Waals surface area contributed by atoms with Crippen LogP contribution in [-0.4, -0.2) is 41.8 Å². The third-order valence-electron chi connectivity index (χ3n) is 5.93. The van der Waals surface area contributed by atoms with Crippen molar-refractivity contribution < 1.29 is 18.7 Å². The maximum Gasteiger partial charge on any atom is 0.276 e. The topological polar surface area (TPSA) is 98.7 Å². The standard InChI is InChI=1S/C22H25N3O4/c1-21(2)11-22(10-16(23)19(21)26)8-9-25(12-22)20(27)17-18(29-13-24-17)14-4-6-15(28-3)7-5-14/h4-7,10,13H,8-9,11-12,23H2,1-3H3/t22-/m1/s1. The Labute approximate surface area is 169 Å². The van der Waals surface area contributed by atoms with Crippen LogP contribution in [0.1, 0.15) is 37.2 Å². The number of Topliss-reactive ketones (excluding diaryl/α,β-unsaturated/α-hetero) is 1. The highest BCUT2D eigenvalue weighted by Crippen LogP contribution is 2.47. The zero-order chi connectivity index (χ0) is 20.8. The first kappa shape index (κ1) is 19.2. The first-order valence-electron chi connectivity index (χ1n) is 9.65. The minimum atomic E-state index is -0.528. The van der Waals surface area contributed by atoms with Gasteiger partial charge in [-0.15, -0.1) is 0 Å². The predicted molar refractivity (Wildman–Crippen MR) is 107 cm³/mol. The molecule has 1 aliphatic carbocycles. The molecule has 4 rings (SSSR count). The van der Waals surface area contributed by atoms with Gasteiger partial charge in [0.1, 0.15) is 5.75 Å². The van der Waals surface area contributed by atoms with Crippen molar-refractivity contribution in [2.45, 2.75) is 26.7 Å². The second-order valence-electron chi connectivity index (χ2n) is 8.59. The highest BCUT2D eigenvalue weighted by atomic mass is 16.5. The molecule has 1 aromatic heterocycles. The van der Waals surface area contributed by atoms with E-state index in [2.05, 4.69) is 4.98 Å². The number of nitrogens with zero attached hydrogens (tertiary/aromatic N) is 2. The lowest BCUT2D eigenvalue weighted by atomic mass is 9.65. The summed E-state index contributed by atoms with van der Waals surface area (Å²) in [6.45, 7) is 4.93. The highest BCUT2D eigenvalue weighted by molar-refractivity contribution is 6.00. The first-order chi connectivity index (χ1) is 13.7. The summed E-state index contributed by atoms with van der Waals surface area (Å²) in [5, 5.41) is 0. The summed E-state index contributed by atoms with van der Waals surface area (Å²) in [6.07, 6.45) is 4.60. The zero-order valence-corrected chi connectivity index (χ0v) is 16.9. The Bertz CT molecular complexity index is 990. The number of carbonyl (C=O) groups is 2. The summed E-state index contributed by atoms with van der Waals surface area (Å²) in [4.78, 5) is 31.5. The normalized spacial score (nSPS) is 23.3. The Morgan fingerprint density at radius 1 is 1.28 bits per heavy atom. The summed E-state index contributed by atoms with van der Waals surface area (Å²) in [7, 11) is 1.60. The van der Waals surface area contributed by atoms with Gasteiger partial charge in [-0.2, -0.15) is 0 Å². The molecule has 152 valence electrons. The molecule has 1 aromatic carbocycles. The molecule has 0 unspecified atom stereocenters. The van der Waals surface area contributed by atoms with Gasteiger partial charge in [0.25, 0.3) is 5.91 Å². The number of benzene rings is 1. The van der Waals surface area contributed by atoms with E-state index in [0.717, 1.165) is 17.7 Å². The van der Waals surface area contributed by atoms with Gasteiger partial charge in [0.15, 0.2) is 23.6 Å². The maximum absolute atomic E-state index is 13.2. The summed E-state index contributed by atoms with van der Waals surface area (Å²) < 4.78 is 10.7. The second-order valence-corrected chi connectivity index (χ2v) is 8.59. The van der Waals surface area contributed by atoms with Crippen LogP contribution in [0.4, 0.5) is 0 Å². The van der Waals surface area contributed by atoms with Crippen LogP contribution >= 0.6 is 0 Å². The summed E-state index contributed by atoms with van der Waals surface area (Å²) in [6, 6.07) is 7.29. The van der Waals surface area contributed by atoms with Gasteiger partial charge in [0.05, 0.1) is 12.8 Å². The number of hydrogen-bond acceptors (Lipinski definition) is 6. The Morgan fingerprint density at radius 2 is 2.00 bits per heavy atom. The lowest BCUT2D eigenvalue weighted by Gasteiger charge is -2.39. The maximum atomic E-state index is 13.2. The third-order valence-corrected chi connectivity index (χ3v) is 5.93. The molecule has 7 heteroatoms. The van der Waals surface area contributed by atoms with E-state index in [1.807, 2.05) is 44.2 Å². The lowest BCUT2D eigenvalue weighted by molar-refractivity contribution is -0.125. The molecule has 1 fully saturated rings. The van der Waals surface area contributed by atoms with Crippen molar-refractivity contribution in [3.63, 3.8) is 0 Å². The number of hydrogen-bond donors (Lipinski definition) is 1. The molecule has 1 atom stereocenters. The van der Waals surface area contributed by atoms with E-state index in [4.69, 9.17) is 14.9 Å². The molecule has 1 spiro atoms. The number of aromatic nitrogens is 1. The van der Waals surface area contributed by atoms with E-state index in [-0.39, 0.29) is 22.8 Å². The van der Waals surface area contributed by atoms with Crippen molar-refractivity contribution in [2.75, 3.05) is 20.2 Å². The van der Waals surface area contributed by atoms with Gasteiger partial charge in [-0.25, -0.2) is 4.98 Å². The number of nitrogens with two attached hydrogens (primary N) is 1. The zero-order valence-electron chi connectivity index (χ0n) is 16.9. The molecule has 29 heavy (non-hydrogen) atoms. The largest absolute Gasteiger partial charge is 0.497 e. The number of ketones is 1. The first-order valence-corrected chi connectivity index (χ1v) is 9.65. The van der Waals surface area contributed by atoms with Gasteiger partial charge in [-0.05, 0) is 43.2 Å². The summed E-state index contributed by atoms with van der Waals surface area (Å²) in [5.41, 5.74) is 6.56. The van der Waals surface area contributed by atoms with Gasteiger partial charge in [-0.1, -0.05) is 13.8 Å². The van der Waals surface area contributed by atoms with E-state index >= 15 is 0 Å². The Hall–Kier alpha value is -3.09. The smallest absolute Gasteiger partial charge is 0.276 e. The van der Waals surface area contributed by atoms with E-state index < -0.39 is 5.41 Å². The molecular formula is C22H25N3O4. The fourth-order valence-corrected chi connectivity index (χ4v) is 4.62. The van der Waals surface area contributed by atoms with Crippen molar-refractivity contribution in [3.8, 4) is 17.1 Å². The average molecular weight is 395 g/mol. The number of carbonyl (C=O) groups excluding carboxylic acids is 2. The highest BCUT2D eigenvalue weighted by Gasteiger charge is 2.48. The van der Waals surface area contributed by atoms with Crippen molar-refractivity contribution in [1.29, 1.82) is 0 Å². The molecule has 2 aliphatic rings. The van der Waals surface area contributed by atoms with Crippen LogP contribution in [0.5, 0.6) is 5.75 Å². The minimum absolute atomic E-state index is 0.0220. The van der Waals surface area contributed by atoms with E-state index in [9.17, 15) is 9.59 Å². The second kappa shape index (κ2) is 6.76. The summed E-state index contributed by atoms with van der Waals surface area (Å²) in [5.74, 6) is 0.962. The van der Waals surface area contributed by atoms with Gasteiger partial charge in [-0.3, -0.25) is 9.59 Å². The molecule has 2 heterocycles. The number of methoxy groups -OCH3 is 1. The monoisotopic (exact) mass is 395 g/mol. The molecule has 0 radical (unpaired) electrons. The molecule has 0 saturated carbocycles. The molecule has 1 amide bonds. The number of ether oxygens (including phenoxy) is 1. The molecule has 0 bridgehead atoms. The summed E-state index contributed by atoms with van der Waals surface area (Å²) >= 11 is 0. The quantitative estimate of drug-likeness (QED) is 0.858. The molecular weight excluding hydrogens is 370 g/mol. The van der Waals surface area contributed by atoms with Crippen LogP contribution in [0, 0.1) is 10.8 Å². The molecule has 7 nitrogen and oxygen atoms in total. The molecule has 1 saturated heterocycles. The average Bonchev–Trinajstić information content (AvgIpc) is 3.33. The number of amides is 1. The van der Waals surface area contributed by atoms with Crippen LogP contribution in [0.3, 0.4) is 0 Å². The number of likely N-dealkylation sites (tertiary alicyclic amines) is 1. The minimum Gasteiger partial charge on any atom is -0.497 e. The Balaban J connectivity index is 1.58. The fourth-order valence-electron chi connectivity index (χ4n) is 4.62. The predicted octanol–water partition coefficient (Wildman–Crippen LogP) is 3.02. The van der Waals surface area contributed by atoms with Crippen LogP contribution < -0.4 is 10.5 Å². The number of allylic oxidation sites excluding steroid dienone is 1.